The van der Waals surface area contributed by atoms with E-state index < -0.39 is 11.6 Å². The van der Waals surface area contributed by atoms with E-state index in [1.54, 1.807) is 31.1 Å². The Labute approximate surface area is 207 Å². The van der Waals surface area contributed by atoms with Crippen molar-refractivity contribution in [2.45, 2.75) is 38.8 Å². The van der Waals surface area contributed by atoms with Crippen LogP contribution in [0.4, 0.5) is 20.5 Å². The van der Waals surface area contributed by atoms with E-state index in [1.807, 2.05) is 0 Å². The third-order valence-electron chi connectivity index (χ3n) is 6.49. The largest absolute Gasteiger partial charge is 0.487 e. The molecule has 1 amide bonds. The second-order valence-corrected chi connectivity index (χ2v) is 8.87. The molecular formula is C25H27F2N7O2. The lowest BCUT2D eigenvalue weighted by atomic mass is 10.1. The summed E-state index contributed by atoms with van der Waals surface area (Å²) in [4.78, 5) is 34.6. The van der Waals surface area contributed by atoms with E-state index in [0.29, 0.717) is 62.8 Å². The van der Waals surface area contributed by atoms with Crippen molar-refractivity contribution in [1.82, 2.24) is 24.8 Å². The summed E-state index contributed by atoms with van der Waals surface area (Å²) in [5.74, 6) is -0.0874. The van der Waals surface area contributed by atoms with E-state index in [-0.39, 0.29) is 17.8 Å². The van der Waals surface area contributed by atoms with Crippen LogP contribution < -0.4 is 15.0 Å². The van der Waals surface area contributed by atoms with Crippen LogP contribution in [0.15, 0.2) is 30.5 Å². The van der Waals surface area contributed by atoms with Crippen molar-refractivity contribution in [3.05, 3.63) is 53.5 Å². The summed E-state index contributed by atoms with van der Waals surface area (Å²) >= 11 is 0. The minimum atomic E-state index is -0.705. The summed E-state index contributed by atoms with van der Waals surface area (Å²) in [6, 6.07) is 5.13. The molecule has 1 N–H and O–H groups in total. The van der Waals surface area contributed by atoms with E-state index in [1.165, 1.54) is 12.1 Å². The molecule has 11 heteroatoms. The third kappa shape index (κ3) is 4.91. The molecule has 1 fully saturated rings. The van der Waals surface area contributed by atoms with E-state index in [4.69, 9.17) is 14.7 Å². The van der Waals surface area contributed by atoms with Gasteiger partial charge >= 0.3 is 0 Å². The Balaban J connectivity index is 1.41. The van der Waals surface area contributed by atoms with Gasteiger partial charge in [-0.25, -0.2) is 28.7 Å². The number of amides is 1. The van der Waals surface area contributed by atoms with Crippen LogP contribution in [0.3, 0.4) is 0 Å². The Morgan fingerprint density at radius 3 is 2.61 bits per heavy atom. The standard InChI is InChI=1S/C25H27F2N7O2/c1-15(35)34-12-8-19-21(14-34)30-23(20-5-9-29-25(28-2)32-20)24(31-19)33-10-6-17(7-11-33)36-22-4-3-16(26)13-18(22)27/h3-5,9,13,17H,6-8,10-12,14H2,1-2H3,(H,28,29,32). The van der Waals surface area contributed by atoms with Gasteiger partial charge in [-0.15, -0.1) is 0 Å². The van der Waals surface area contributed by atoms with Gasteiger partial charge < -0.3 is 19.9 Å². The molecule has 36 heavy (non-hydrogen) atoms. The van der Waals surface area contributed by atoms with E-state index >= 15 is 0 Å². The number of carbonyl (C=O) groups is 1. The van der Waals surface area contributed by atoms with Crippen molar-refractivity contribution in [1.29, 1.82) is 0 Å². The lowest BCUT2D eigenvalue weighted by Gasteiger charge is -2.35. The number of ether oxygens (including phenoxy) is 1. The fraction of sp³-hybridized carbons (Fsp3) is 0.400. The number of hydrogen-bond acceptors (Lipinski definition) is 8. The SMILES string of the molecule is CNc1nccc(-c2nc3c(nc2N2CCC(Oc4ccc(F)cc4F)CC2)CCN(C(C)=O)C3)n1. The zero-order valence-electron chi connectivity index (χ0n) is 20.2. The zero-order valence-corrected chi connectivity index (χ0v) is 20.2. The van der Waals surface area contributed by atoms with Gasteiger partial charge in [-0.1, -0.05) is 0 Å². The molecule has 2 aliphatic rings. The van der Waals surface area contributed by atoms with Crippen LogP contribution in [-0.4, -0.2) is 63.5 Å². The summed E-state index contributed by atoms with van der Waals surface area (Å²) in [6.45, 7) is 3.82. The van der Waals surface area contributed by atoms with E-state index in [0.717, 1.165) is 23.3 Å². The quantitative estimate of drug-likeness (QED) is 0.577. The van der Waals surface area contributed by atoms with Gasteiger partial charge in [0.1, 0.15) is 17.6 Å². The number of nitrogens with zero attached hydrogens (tertiary/aromatic N) is 6. The summed E-state index contributed by atoms with van der Waals surface area (Å²) < 4.78 is 33.1. The van der Waals surface area contributed by atoms with Crippen molar-refractivity contribution < 1.29 is 18.3 Å². The smallest absolute Gasteiger partial charge is 0.222 e. The average molecular weight is 496 g/mol. The monoisotopic (exact) mass is 495 g/mol. The Hall–Kier alpha value is -3.89. The molecule has 0 atom stereocenters. The average Bonchev–Trinajstić information content (AvgIpc) is 2.89. The van der Waals surface area contributed by atoms with Crippen LogP contribution in [0.25, 0.3) is 11.4 Å². The Kier molecular flexibility index (Phi) is 6.62. The first kappa shape index (κ1) is 23.8. The van der Waals surface area contributed by atoms with Gasteiger partial charge in [0.25, 0.3) is 0 Å². The van der Waals surface area contributed by atoms with Crippen molar-refractivity contribution in [2.24, 2.45) is 0 Å². The number of fused-ring (bicyclic) bond motifs is 1. The van der Waals surface area contributed by atoms with Crippen molar-refractivity contribution in [3.8, 4) is 17.1 Å². The molecule has 0 unspecified atom stereocenters. The fourth-order valence-corrected chi connectivity index (χ4v) is 4.53. The van der Waals surface area contributed by atoms with E-state index in [9.17, 15) is 13.6 Å². The predicted molar refractivity (Wildman–Crippen MR) is 130 cm³/mol. The van der Waals surface area contributed by atoms with Crippen LogP contribution in [0.1, 0.15) is 31.2 Å². The van der Waals surface area contributed by atoms with Gasteiger partial charge in [0.15, 0.2) is 17.4 Å². The summed E-state index contributed by atoms with van der Waals surface area (Å²) in [7, 11) is 1.75. The van der Waals surface area contributed by atoms with Gasteiger partial charge in [0, 0.05) is 65.1 Å². The lowest BCUT2D eigenvalue weighted by molar-refractivity contribution is -0.129. The normalized spacial score (nSPS) is 16.0. The number of rotatable bonds is 5. The lowest BCUT2D eigenvalue weighted by Crippen LogP contribution is -2.40. The molecule has 3 aromatic rings. The second kappa shape index (κ2) is 10.00. The maximum Gasteiger partial charge on any atom is 0.222 e. The Morgan fingerprint density at radius 2 is 1.89 bits per heavy atom. The molecule has 0 radical (unpaired) electrons. The number of hydrogen-bond donors (Lipinski definition) is 1. The molecule has 1 saturated heterocycles. The number of benzene rings is 1. The molecule has 188 valence electrons. The number of piperidine rings is 1. The number of halogens is 2. The molecule has 0 saturated carbocycles. The minimum absolute atomic E-state index is 0.00671. The first-order valence-corrected chi connectivity index (χ1v) is 11.9. The van der Waals surface area contributed by atoms with Gasteiger partial charge in [-0.05, 0) is 18.2 Å². The highest BCUT2D eigenvalue weighted by molar-refractivity contribution is 5.74. The molecule has 9 nitrogen and oxygen atoms in total. The van der Waals surface area contributed by atoms with Crippen LogP contribution in [0.2, 0.25) is 0 Å². The van der Waals surface area contributed by atoms with Crippen molar-refractivity contribution in [3.63, 3.8) is 0 Å². The highest BCUT2D eigenvalue weighted by atomic mass is 19.1. The van der Waals surface area contributed by atoms with Crippen LogP contribution in [0, 0.1) is 11.6 Å². The maximum absolute atomic E-state index is 14.1. The summed E-state index contributed by atoms with van der Waals surface area (Å²) in [6.07, 6.45) is 3.37. The molecule has 2 aliphatic heterocycles. The van der Waals surface area contributed by atoms with Crippen LogP contribution in [-0.2, 0) is 17.8 Å². The molecule has 0 spiro atoms. The topological polar surface area (TPSA) is 96.4 Å². The van der Waals surface area contributed by atoms with Gasteiger partial charge in [0.2, 0.25) is 11.9 Å². The highest BCUT2D eigenvalue weighted by Gasteiger charge is 2.29. The summed E-state index contributed by atoms with van der Waals surface area (Å²) in [5, 5.41) is 2.95. The van der Waals surface area contributed by atoms with Crippen molar-refractivity contribution >= 4 is 17.7 Å². The first-order chi connectivity index (χ1) is 17.4. The Morgan fingerprint density at radius 1 is 1.08 bits per heavy atom. The minimum Gasteiger partial charge on any atom is -0.487 e. The number of carbonyl (C=O) groups excluding carboxylic acids is 1. The molecule has 4 heterocycles. The summed E-state index contributed by atoms with van der Waals surface area (Å²) in [5.41, 5.74) is 2.90. The predicted octanol–water partition coefficient (Wildman–Crippen LogP) is 3.21. The molecular weight excluding hydrogens is 468 g/mol. The molecule has 5 rings (SSSR count). The number of anilines is 2. The van der Waals surface area contributed by atoms with Crippen LogP contribution in [0.5, 0.6) is 5.75 Å². The molecule has 0 bridgehead atoms. The van der Waals surface area contributed by atoms with Crippen LogP contribution >= 0.6 is 0 Å². The van der Waals surface area contributed by atoms with Crippen molar-refractivity contribution in [2.75, 3.05) is 36.9 Å². The highest BCUT2D eigenvalue weighted by Crippen LogP contribution is 2.32. The third-order valence-corrected chi connectivity index (χ3v) is 6.49. The van der Waals surface area contributed by atoms with Gasteiger partial charge in [-0.2, -0.15) is 0 Å². The zero-order chi connectivity index (χ0) is 25.2. The Bertz CT molecular complexity index is 1280. The number of aromatic nitrogens is 4. The molecule has 1 aromatic carbocycles. The molecule has 0 aliphatic carbocycles. The molecule has 2 aromatic heterocycles. The maximum atomic E-state index is 14.1. The van der Waals surface area contributed by atoms with E-state index in [2.05, 4.69) is 20.2 Å². The second-order valence-electron chi connectivity index (χ2n) is 8.87. The number of nitrogens with one attached hydrogen (secondary N) is 1. The fourth-order valence-electron chi connectivity index (χ4n) is 4.53. The van der Waals surface area contributed by atoms with Gasteiger partial charge in [-0.3, -0.25) is 4.79 Å². The first-order valence-electron chi connectivity index (χ1n) is 11.9. The van der Waals surface area contributed by atoms with Gasteiger partial charge in [0.05, 0.1) is 23.6 Å².